The van der Waals surface area contributed by atoms with E-state index in [2.05, 4.69) is 0 Å². The van der Waals surface area contributed by atoms with Gasteiger partial charge >= 0.3 is 0 Å². The molecule has 1 aliphatic heterocycles. The number of carbonyl (C=O) groups excluding carboxylic acids is 2. The largest absolute Gasteiger partial charge is 0.339 e. The number of rotatable bonds is 5. The van der Waals surface area contributed by atoms with E-state index in [1.54, 1.807) is 34.1 Å². The van der Waals surface area contributed by atoms with Crippen molar-refractivity contribution in [2.24, 2.45) is 0 Å². The van der Waals surface area contributed by atoms with Gasteiger partial charge < -0.3 is 9.80 Å². The number of hydrogen-bond acceptors (Lipinski definition) is 3. The number of piperazine rings is 1. The number of benzene rings is 2. The van der Waals surface area contributed by atoms with E-state index >= 15 is 0 Å². The minimum Gasteiger partial charge on any atom is -0.339 e. The molecule has 1 heterocycles. The van der Waals surface area contributed by atoms with Gasteiger partial charge in [0.2, 0.25) is 11.8 Å². The molecule has 0 saturated carbocycles. The number of nitrogens with zero attached hydrogens (tertiary/aromatic N) is 2. The summed E-state index contributed by atoms with van der Waals surface area (Å²) in [6.07, 6.45) is 0. The van der Waals surface area contributed by atoms with Gasteiger partial charge in [-0.15, -0.1) is 11.8 Å². The van der Waals surface area contributed by atoms with Gasteiger partial charge in [0.15, 0.2) is 0 Å². The third-order valence-electron chi connectivity index (χ3n) is 4.80. The van der Waals surface area contributed by atoms with Crippen LogP contribution in [0.25, 0.3) is 0 Å². The summed E-state index contributed by atoms with van der Waals surface area (Å²) in [4.78, 5) is 27.5. The predicted molar refractivity (Wildman–Crippen MR) is 106 cm³/mol. The van der Waals surface area contributed by atoms with Gasteiger partial charge in [0.05, 0.1) is 11.0 Å². The molecule has 0 atom stereocenters. The first-order valence-corrected chi connectivity index (χ1v) is 10.1. The zero-order valence-corrected chi connectivity index (χ0v) is 16.4. The van der Waals surface area contributed by atoms with Crippen LogP contribution in [0.5, 0.6) is 0 Å². The van der Waals surface area contributed by atoms with Crippen LogP contribution >= 0.6 is 11.8 Å². The number of thioether (sulfide) groups is 1. The van der Waals surface area contributed by atoms with Gasteiger partial charge in [0.1, 0.15) is 11.6 Å². The zero-order valence-electron chi connectivity index (χ0n) is 15.6. The lowest BCUT2D eigenvalue weighted by molar-refractivity contribution is -0.136. The van der Waals surface area contributed by atoms with E-state index in [0.29, 0.717) is 26.2 Å². The van der Waals surface area contributed by atoms with E-state index in [9.17, 15) is 18.4 Å². The van der Waals surface area contributed by atoms with Crippen molar-refractivity contribution in [2.75, 3.05) is 31.9 Å². The highest BCUT2D eigenvalue weighted by Gasteiger charge is 2.24. The molecule has 2 aromatic rings. The molecule has 1 fully saturated rings. The Morgan fingerprint density at radius 3 is 1.71 bits per heavy atom. The van der Waals surface area contributed by atoms with E-state index in [0.717, 1.165) is 11.1 Å². The molecule has 3 rings (SSSR count). The summed E-state index contributed by atoms with van der Waals surface area (Å²) in [5.41, 5.74) is 1.71. The molecule has 2 aromatic carbocycles. The lowest BCUT2D eigenvalue weighted by atomic mass is 10.0. The van der Waals surface area contributed by atoms with Crippen molar-refractivity contribution in [1.82, 2.24) is 9.80 Å². The highest BCUT2D eigenvalue weighted by Crippen LogP contribution is 2.36. The normalized spacial score (nSPS) is 14.4. The Morgan fingerprint density at radius 2 is 1.29 bits per heavy atom. The van der Waals surface area contributed by atoms with Crippen LogP contribution in [-0.2, 0) is 9.59 Å². The quantitative estimate of drug-likeness (QED) is 0.766. The maximum absolute atomic E-state index is 13.3. The molecule has 0 unspecified atom stereocenters. The molecule has 1 saturated heterocycles. The Bertz CT molecular complexity index is 774. The van der Waals surface area contributed by atoms with Crippen LogP contribution in [0.15, 0.2) is 48.5 Å². The highest BCUT2D eigenvalue weighted by atomic mass is 32.2. The number of hydrogen-bond donors (Lipinski definition) is 0. The third-order valence-corrected chi connectivity index (χ3v) is 6.09. The van der Waals surface area contributed by atoms with Crippen LogP contribution in [0.1, 0.15) is 23.3 Å². The minimum absolute atomic E-state index is 0.00225. The van der Waals surface area contributed by atoms with Crippen LogP contribution in [0, 0.1) is 11.6 Å². The summed E-state index contributed by atoms with van der Waals surface area (Å²) in [6, 6.07) is 12.3. The lowest BCUT2D eigenvalue weighted by Gasteiger charge is -2.34. The van der Waals surface area contributed by atoms with Crippen molar-refractivity contribution in [3.05, 3.63) is 71.3 Å². The van der Waals surface area contributed by atoms with Gasteiger partial charge in [0.25, 0.3) is 0 Å². The Morgan fingerprint density at radius 1 is 0.857 bits per heavy atom. The summed E-state index contributed by atoms with van der Waals surface area (Å²) in [5.74, 6) is -0.381. The summed E-state index contributed by atoms with van der Waals surface area (Å²) >= 11 is 1.43. The summed E-state index contributed by atoms with van der Waals surface area (Å²) in [7, 11) is 0. The van der Waals surface area contributed by atoms with Crippen molar-refractivity contribution in [3.8, 4) is 0 Å². The second-order valence-corrected chi connectivity index (χ2v) is 7.77. The SMILES string of the molecule is CC(=O)N1CCN(C(=O)CSC(c2ccc(F)cc2)c2ccc(F)cc2)CC1. The Labute approximate surface area is 167 Å². The average molecular weight is 404 g/mol. The lowest BCUT2D eigenvalue weighted by Crippen LogP contribution is -2.50. The van der Waals surface area contributed by atoms with Crippen molar-refractivity contribution >= 4 is 23.6 Å². The van der Waals surface area contributed by atoms with Crippen molar-refractivity contribution in [2.45, 2.75) is 12.2 Å². The van der Waals surface area contributed by atoms with Crippen LogP contribution < -0.4 is 0 Å². The van der Waals surface area contributed by atoms with Gasteiger partial charge in [-0.1, -0.05) is 24.3 Å². The molecule has 0 radical (unpaired) electrons. The standard InChI is InChI=1S/C21H22F2N2O2S/c1-15(26)24-10-12-25(13-11-24)20(27)14-28-21(16-2-6-18(22)7-3-16)17-4-8-19(23)9-5-17/h2-9,21H,10-14H2,1H3. The number of halogens is 2. The molecule has 0 bridgehead atoms. The van der Waals surface area contributed by atoms with E-state index in [-0.39, 0.29) is 34.5 Å². The smallest absolute Gasteiger partial charge is 0.232 e. The molecule has 0 spiro atoms. The number of carbonyl (C=O) groups is 2. The topological polar surface area (TPSA) is 40.6 Å². The molecule has 2 amide bonds. The third kappa shape index (κ3) is 5.10. The molecule has 4 nitrogen and oxygen atoms in total. The van der Waals surface area contributed by atoms with Crippen molar-refractivity contribution in [1.29, 1.82) is 0 Å². The first-order chi connectivity index (χ1) is 13.4. The molecule has 28 heavy (non-hydrogen) atoms. The summed E-state index contributed by atoms with van der Waals surface area (Å²) in [5, 5.41) is -0.205. The van der Waals surface area contributed by atoms with Crippen molar-refractivity contribution < 1.29 is 18.4 Å². The van der Waals surface area contributed by atoms with E-state index in [4.69, 9.17) is 0 Å². The van der Waals surface area contributed by atoms with Gasteiger partial charge in [-0.25, -0.2) is 8.78 Å². The zero-order chi connectivity index (χ0) is 20.1. The van der Waals surface area contributed by atoms with Gasteiger partial charge in [-0.3, -0.25) is 9.59 Å². The predicted octanol–water partition coefficient (Wildman–Crippen LogP) is 3.48. The highest BCUT2D eigenvalue weighted by molar-refractivity contribution is 8.00. The molecule has 0 N–H and O–H groups in total. The average Bonchev–Trinajstić information content (AvgIpc) is 2.70. The fourth-order valence-electron chi connectivity index (χ4n) is 3.18. The van der Waals surface area contributed by atoms with E-state index in [1.165, 1.54) is 43.0 Å². The Hall–Kier alpha value is -2.41. The fraction of sp³-hybridized carbons (Fsp3) is 0.333. The first-order valence-electron chi connectivity index (χ1n) is 9.10. The van der Waals surface area contributed by atoms with Crippen LogP contribution in [-0.4, -0.2) is 53.5 Å². The molecule has 7 heteroatoms. The van der Waals surface area contributed by atoms with Gasteiger partial charge in [0, 0.05) is 33.1 Å². The maximum Gasteiger partial charge on any atom is 0.232 e. The maximum atomic E-state index is 13.3. The monoisotopic (exact) mass is 404 g/mol. The molecular weight excluding hydrogens is 382 g/mol. The van der Waals surface area contributed by atoms with Crippen LogP contribution in [0.2, 0.25) is 0 Å². The number of amides is 2. The molecular formula is C21H22F2N2O2S. The summed E-state index contributed by atoms with van der Waals surface area (Å²) < 4.78 is 26.6. The van der Waals surface area contributed by atoms with E-state index in [1.807, 2.05) is 0 Å². The minimum atomic E-state index is -0.328. The molecule has 1 aliphatic rings. The van der Waals surface area contributed by atoms with Crippen LogP contribution in [0.3, 0.4) is 0 Å². The second-order valence-electron chi connectivity index (χ2n) is 6.68. The van der Waals surface area contributed by atoms with Gasteiger partial charge in [-0.05, 0) is 35.4 Å². The molecule has 148 valence electrons. The van der Waals surface area contributed by atoms with E-state index < -0.39 is 0 Å². The molecule has 0 aliphatic carbocycles. The van der Waals surface area contributed by atoms with Crippen molar-refractivity contribution in [3.63, 3.8) is 0 Å². The summed E-state index contributed by atoms with van der Waals surface area (Å²) in [6.45, 7) is 3.67. The second kappa shape index (κ2) is 9.19. The Balaban J connectivity index is 1.68. The first kappa shape index (κ1) is 20.3. The fourth-order valence-corrected chi connectivity index (χ4v) is 4.37. The Kier molecular flexibility index (Phi) is 6.67. The van der Waals surface area contributed by atoms with Gasteiger partial charge in [-0.2, -0.15) is 0 Å². The van der Waals surface area contributed by atoms with Crippen LogP contribution in [0.4, 0.5) is 8.78 Å². The molecule has 0 aromatic heterocycles.